The van der Waals surface area contributed by atoms with Crippen LogP contribution in [0.25, 0.3) is 0 Å². The van der Waals surface area contributed by atoms with Gasteiger partial charge in [0.25, 0.3) is 10.1 Å². The molecule has 0 aliphatic rings. The van der Waals surface area contributed by atoms with Crippen molar-refractivity contribution in [1.29, 1.82) is 0 Å². The highest BCUT2D eigenvalue weighted by atomic mass is 32.2. The van der Waals surface area contributed by atoms with E-state index >= 15 is 0 Å². The molecule has 0 aromatic heterocycles. The number of allylic oxidation sites excluding steroid dienone is 3. The Morgan fingerprint density at radius 1 is 0.587 bits per heavy atom. The summed E-state index contributed by atoms with van der Waals surface area (Å²) < 4.78 is 32.4. The highest BCUT2D eigenvalue weighted by molar-refractivity contribution is 7.85. The zero-order chi connectivity index (χ0) is 34.1. The standard InChI is InChI=1S/C38H73NO6S/c1-3-5-7-9-11-13-15-16-17-18-19-20-21-23-25-27-29-31-33-37(41)38(42)39-35(34-46(43,44)45)36(40)32-30-28-26-24-22-14-12-10-8-6-4-2/h22,24,30,32,35-37,40-41H,3-21,23,25-29,31,33-34H2,1-2H3,(H,39,42)(H,43,44,45)/b24-22+,32-30+. The van der Waals surface area contributed by atoms with E-state index in [1.54, 1.807) is 6.08 Å². The summed E-state index contributed by atoms with van der Waals surface area (Å²) in [4.78, 5) is 12.5. The van der Waals surface area contributed by atoms with Crippen molar-refractivity contribution in [2.45, 2.75) is 205 Å². The summed E-state index contributed by atoms with van der Waals surface area (Å²) in [7, 11) is -4.44. The highest BCUT2D eigenvalue weighted by Gasteiger charge is 2.27. The van der Waals surface area contributed by atoms with Gasteiger partial charge >= 0.3 is 0 Å². The van der Waals surface area contributed by atoms with E-state index in [-0.39, 0.29) is 6.42 Å². The number of nitrogens with one attached hydrogen (secondary N) is 1. The predicted octanol–water partition coefficient (Wildman–Crippen LogP) is 9.77. The molecule has 1 amide bonds. The van der Waals surface area contributed by atoms with Gasteiger partial charge in [0, 0.05) is 0 Å². The molecule has 8 heteroatoms. The monoisotopic (exact) mass is 672 g/mol. The molecule has 272 valence electrons. The molecule has 0 saturated heterocycles. The van der Waals surface area contributed by atoms with Gasteiger partial charge in [0.05, 0.1) is 17.9 Å². The summed E-state index contributed by atoms with van der Waals surface area (Å²) >= 11 is 0. The van der Waals surface area contributed by atoms with Crippen LogP contribution in [0.2, 0.25) is 0 Å². The Morgan fingerprint density at radius 2 is 0.978 bits per heavy atom. The first-order valence-electron chi connectivity index (χ1n) is 19.1. The molecule has 0 heterocycles. The molecule has 3 unspecified atom stereocenters. The van der Waals surface area contributed by atoms with Crippen molar-refractivity contribution in [3.05, 3.63) is 24.3 Å². The minimum absolute atomic E-state index is 0.278. The Morgan fingerprint density at radius 3 is 1.43 bits per heavy atom. The lowest BCUT2D eigenvalue weighted by molar-refractivity contribution is -0.130. The van der Waals surface area contributed by atoms with E-state index in [1.165, 1.54) is 128 Å². The van der Waals surface area contributed by atoms with Crippen molar-refractivity contribution >= 4 is 16.0 Å². The molecule has 0 radical (unpaired) electrons. The number of hydrogen-bond acceptors (Lipinski definition) is 5. The molecule has 0 aromatic carbocycles. The minimum Gasteiger partial charge on any atom is -0.387 e. The van der Waals surface area contributed by atoms with Crippen LogP contribution in [0.1, 0.15) is 187 Å². The average Bonchev–Trinajstić information content (AvgIpc) is 3.01. The first-order valence-corrected chi connectivity index (χ1v) is 20.8. The normalized spacial score (nSPS) is 14.3. The lowest BCUT2D eigenvalue weighted by atomic mass is 10.0. The summed E-state index contributed by atoms with van der Waals surface area (Å²) in [6.45, 7) is 4.47. The second-order valence-electron chi connectivity index (χ2n) is 13.3. The van der Waals surface area contributed by atoms with E-state index in [2.05, 4.69) is 31.3 Å². The third-order valence-corrected chi connectivity index (χ3v) is 9.52. The second kappa shape index (κ2) is 32.3. The third-order valence-electron chi connectivity index (χ3n) is 8.74. The van der Waals surface area contributed by atoms with Crippen LogP contribution in [-0.4, -0.2) is 53.1 Å². The molecular formula is C38H73NO6S. The summed E-state index contributed by atoms with van der Waals surface area (Å²) in [5.74, 6) is -1.55. The Balaban J connectivity index is 4.04. The van der Waals surface area contributed by atoms with Crippen LogP contribution >= 0.6 is 0 Å². The van der Waals surface area contributed by atoms with E-state index < -0.39 is 40.0 Å². The van der Waals surface area contributed by atoms with E-state index in [9.17, 15) is 28.0 Å². The van der Waals surface area contributed by atoms with Gasteiger partial charge in [-0.25, -0.2) is 0 Å². The van der Waals surface area contributed by atoms with Crippen molar-refractivity contribution in [2.75, 3.05) is 5.75 Å². The van der Waals surface area contributed by atoms with Crippen LogP contribution in [0.3, 0.4) is 0 Å². The van der Waals surface area contributed by atoms with Crippen LogP contribution in [0.4, 0.5) is 0 Å². The van der Waals surface area contributed by atoms with Gasteiger partial charge in [0.15, 0.2) is 0 Å². The fourth-order valence-electron chi connectivity index (χ4n) is 5.77. The number of carbonyl (C=O) groups is 1. The van der Waals surface area contributed by atoms with Gasteiger partial charge in [-0.3, -0.25) is 9.35 Å². The molecule has 0 fully saturated rings. The van der Waals surface area contributed by atoms with Gasteiger partial charge in [0.1, 0.15) is 6.10 Å². The zero-order valence-corrected chi connectivity index (χ0v) is 30.6. The molecular weight excluding hydrogens is 598 g/mol. The van der Waals surface area contributed by atoms with Gasteiger partial charge < -0.3 is 15.5 Å². The molecule has 0 saturated carbocycles. The zero-order valence-electron chi connectivity index (χ0n) is 29.8. The molecule has 3 atom stereocenters. The highest BCUT2D eigenvalue weighted by Crippen LogP contribution is 2.15. The largest absolute Gasteiger partial charge is 0.387 e. The van der Waals surface area contributed by atoms with Gasteiger partial charge in [-0.15, -0.1) is 0 Å². The van der Waals surface area contributed by atoms with Gasteiger partial charge in [0.2, 0.25) is 5.91 Å². The number of aliphatic hydroxyl groups is 2. The molecule has 0 rings (SSSR count). The lowest BCUT2D eigenvalue weighted by Gasteiger charge is -2.22. The Kier molecular flexibility index (Phi) is 31.5. The number of carbonyl (C=O) groups excluding carboxylic acids is 1. The van der Waals surface area contributed by atoms with Crippen molar-refractivity contribution < 1.29 is 28.0 Å². The maximum absolute atomic E-state index is 12.5. The predicted molar refractivity (Wildman–Crippen MR) is 195 cm³/mol. The van der Waals surface area contributed by atoms with Crippen LogP contribution in [-0.2, 0) is 14.9 Å². The minimum atomic E-state index is -4.44. The van der Waals surface area contributed by atoms with Crippen LogP contribution in [0, 0.1) is 0 Å². The van der Waals surface area contributed by atoms with Crippen LogP contribution in [0.5, 0.6) is 0 Å². The Bertz CT molecular complexity index is 844. The SMILES string of the molecule is CCCCCCC/C=C/CC/C=C/C(O)C(CS(=O)(=O)O)NC(=O)C(O)CCCCCCCCCCCCCCCCCCCC. The smallest absolute Gasteiger partial charge is 0.267 e. The number of rotatable bonds is 34. The second-order valence-corrected chi connectivity index (χ2v) is 14.8. The summed E-state index contributed by atoms with van der Waals surface area (Å²) in [6.07, 6.45) is 36.7. The topological polar surface area (TPSA) is 124 Å². The summed E-state index contributed by atoms with van der Waals surface area (Å²) in [5.41, 5.74) is 0. The number of unbranched alkanes of at least 4 members (excludes halogenated alkanes) is 23. The molecule has 0 aliphatic carbocycles. The van der Waals surface area contributed by atoms with Crippen LogP contribution in [0.15, 0.2) is 24.3 Å². The number of hydrogen-bond donors (Lipinski definition) is 4. The maximum Gasteiger partial charge on any atom is 0.267 e. The Hall–Kier alpha value is -1.22. The van der Waals surface area contributed by atoms with Crippen molar-refractivity contribution in [1.82, 2.24) is 5.32 Å². The Labute approximate surface area is 284 Å². The average molecular weight is 672 g/mol. The maximum atomic E-state index is 12.5. The third kappa shape index (κ3) is 31.4. The first kappa shape index (κ1) is 44.8. The molecule has 0 aromatic rings. The summed E-state index contributed by atoms with van der Waals surface area (Å²) in [6, 6.07) is -1.24. The van der Waals surface area contributed by atoms with Gasteiger partial charge in [-0.1, -0.05) is 179 Å². The van der Waals surface area contributed by atoms with Gasteiger partial charge in [-0.2, -0.15) is 8.42 Å². The van der Waals surface area contributed by atoms with Crippen LogP contribution < -0.4 is 5.32 Å². The lowest BCUT2D eigenvalue weighted by Crippen LogP contribution is -2.50. The van der Waals surface area contributed by atoms with E-state index in [0.717, 1.165) is 32.1 Å². The van der Waals surface area contributed by atoms with Gasteiger partial charge in [-0.05, 0) is 32.1 Å². The number of aliphatic hydroxyl groups excluding tert-OH is 2. The van der Waals surface area contributed by atoms with E-state index in [4.69, 9.17) is 0 Å². The first-order chi connectivity index (χ1) is 22.2. The fraction of sp³-hybridized carbons (Fsp3) is 0.868. The van der Waals surface area contributed by atoms with Crippen molar-refractivity contribution in [2.24, 2.45) is 0 Å². The fourth-order valence-corrected chi connectivity index (χ4v) is 6.50. The summed E-state index contributed by atoms with van der Waals surface area (Å²) in [5, 5.41) is 23.3. The molecule has 7 nitrogen and oxygen atoms in total. The van der Waals surface area contributed by atoms with E-state index in [0.29, 0.717) is 12.8 Å². The van der Waals surface area contributed by atoms with E-state index in [1.807, 2.05) is 0 Å². The molecule has 0 spiro atoms. The quantitative estimate of drug-likeness (QED) is 0.0307. The van der Waals surface area contributed by atoms with Crippen molar-refractivity contribution in [3.8, 4) is 0 Å². The molecule has 0 bridgehead atoms. The molecule has 46 heavy (non-hydrogen) atoms. The molecule has 4 N–H and O–H groups in total. The number of amides is 1. The molecule has 0 aliphatic heterocycles. The van der Waals surface area contributed by atoms with Crippen molar-refractivity contribution in [3.63, 3.8) is 0 Å².